The molecule has 0 spiro atoms. The Kier molecular flexibility index (Phi) is 9.41. The van der Waals surface area contributed by atoms with Gasteiger partial charge in [0.05, 0.1) is 30.3 Å². The van der Waals surface area contributed by atoms with Gasteiger partial charge in [0, 0.05) is 18.2 Å². The van der Waals surface area contributed by atoms with Crippen LogP contribution in [0.1, 0.15) is 52.5 Å². The normalized spacial score (nSPS) is 17.8. The largest absolute Gasteiger partial charge is 0.494 e. The summed E-state index contributed by atoms with van der Waals surface area (Å²) in [6.45, 7) is 4.75. The van der Waals surface area contributed by atoms with Gasteiger partial charge in [0.25, 0.3) is 5.91 Å². The number of Topliss-reactive ketones (excluding diaryl/α,β-unsaturated/α-hetero) is 1. The third-order valence-corrected chi connectivity index (χ3v) is 7.60. The average molecular weight is 570 g/mol. The van der Waals surface area contributed by atoms with Crippen LogP contribution in [0.4, 0.5) is 5.69 Å². The predicted octanol–water partition coefficient (Wildman–Crippen LogP) is 4.01. The number of carbonyl (C=O) groups excluding carboxylic acids is 4. The first-order valence-electron chi connectivity index (χ1n) is 14.3. The number of hydrogen-bond acceptors (Lipinski definition) is 8. The molecule has 5 rings (SSSR count). The van der Waals surface area contributed by atoms with Crippen LogP contribution in [0.15, 0.2) is 78.9 Å². The predicted molar refractivity (Wildman–Crippen MR) is 157 cm³/mol. The quantitative estimate of drug-likeness (QED) is 0.210. The van der Waals surface area contributed by atoms with E-state index in [0.29, 0.717) is 23.6 Å². The molecule has 1 N–H and O–H groups in total. The molecule has 2 aliphatic rings. The SMILES string of the molecule is CCOc1ccc(C(=O)COC(=O)c2ccc(N3C(=O)CC(NC4CCN(Cc5ccccc5)CC4)C3=O)cc2)cc1. The van der Waals surface area contributed by atoms with Gasteiger partial charge in [-0.1, -0.05) is 30.3 Å². The third-order valence-electron chi connectivity index (χ3n) is 7.60. The Balaban J connectivity index is 1.10. The monoisotopic (exact) mass is 569 g/mol. The van der Waals surface area contributed by atoms with Gasteiger partial charge in [-0.05, 0) is 86.9 Å². The van der Waals surface area contributed by atoms with Crippen LogP contribution >= 0.6 is 0 Å². The van der Waals surface area contributed by atoms with Crippen LogP contribution in [0.2, 0.25) is 0 Å². The fourth-order valence-electron chi connectivity index (χ4n) is 5.37. The smallest absolute Gasteiger partial charge is 0.338 e. The fraction of sp³-hybridized carbons (Fsp3) is 0.333. The number of imide groups is 1. The van der Waals surface area contributed by atoms with Gasteiger partial charge < -0.3 is 14.8 Å². The molecule has 0 saturated carbocycles. The molecule has 9 heteroatoms. The van der Waals surface area contributed by atoms with Crippen molar-refractivity contribution in [1.82, 2.24) is 10.2 Å². The molecule has 42 heavy (non-hydrogen) atoms. The van der Waals surface area contributed by atoms with Crippen molar-refractivity contribution < 1.29 is 28.7 Å². The highest BCUT2D eigenvalue weighted by molar-refractivity contribution is 6.22. The van der Waals surface area contributed by atoms with E-state index in [2.05, 4.69) is 22.3 Å². The summed E-state index contributed by atoms with van der Waals surface area (Å²) in [7, 11) is 0. The molecular formula is C33H35N3O6. The zero-order valence-corrected chi connectivity index (χ0v) is 23.7. The second kappa shape index (κ2) is 13.5. The first-order chi connectivity index (χ1) is 20.4. The number of benzene rings is 3. The highest BCUT2D eigenvalue weighted by atomic mass is 16.5. The van der Waals surface area contributed by atoms with Crippen LogP contribution in [-0.2, 0) is 20.9 Å². The number of esters is 1. The minimum atomic E-state index is -0.668. The highest BCUT2D eigenvalue weighted by Gasteiger charge is 2.40. The first-order valence-corrected chi connectivity index (χ1v) is 14.3. The van der Waals surface area contributed by atoms with Crippen LogP contribution < -0.4 is 15.0 Å². The summed E-state index contributed by atoms with van der Waals surface area (Å²) < 4.78 is 10.6. The van der Waals surface area contributed by atoms with E-state index in [0.717, 1.165) is 32.5 Å². The van der Waals surface area contributed by atoms with Crippen molar-refractivity contribution >= 4 is 29.3 Å². The minimum absolute atomic E-state index is 0.0977. The molecular weight excluding hydrogens is 534 g/mol. The Labute approximate surface area is 245 Å². The van der Waals surface area contributed by atoms with E-state index >= 15 is 0 Å². The number of anilines is 1. The van der Waals surface area contributed by atoms with Crippen molar-refractivity contribution in [1.29, 1.82) is 0 Å². The summed E-state index contributed by atoms with van der Waals surface area (Å²) >= 11 is 0. The number of carbonyl (C=O) groups is 4. The maximum atomic E-state index is 13.2. The third kappa shape index (κ3) is 7.10. The van der Waals surface area contributed by atoms with Gasteiger partial charge in [0.1, 0.15) is 5.75 Å². The lowest BCUT2D eigenvalue weighted by Crippen LogP contribution is -2.48. The van der Waals surface area contributed by atoms with E-state index in [-0.39, 0.29) is 35.6 Å². The Morgan fingerprint density at radius 2 is 1.55 bits per heavy atom. The lowest BCUT2D eigenvalue weighted by atomic mass is 10.0. The van der Waals surface area contributed by atoms with Crippen LogP contribution in [0.25, 0.3) is 0 Å². The number of nitrogens with one attached hydrogen (secondary N) is 1. The molecule has 3 aromatic rings. The van der Waals surface area contributed by atoms with Gasteiger partial charge >= 0.3 is 5.97 Å². The number of nitrogens with zero attached hydrogens (tertiary/aromatic N) is 2. The van der Waals surface area contributed by atoms with Crippen molar-refractivity contribution in [2.45, 2.75) is 44.8 Å². The summed E-state index contributed by atoms with van der Waals surface area (Å²) in [6, 6.07) is 22.7. The number of amides is 2. The van der Waals surface area contributed by atoms with E-state index < -0.39 is 18.6 Å². The van der Waals surface area contributed by atoms with Gasteiger partial charge in [0.15, 0.2) is 12.4 Å². The Hall–Kier alpha value is -4.34. The van der Waals surface area contributed by atoms with Crippen molar-refractivity contribution in [2.75, 3.05) is 31.2 Å². The molecule has 0 aromatic heterocycles. The zero-order chi connectivity index (χ0) is 29.5. The van der Waals surface area contributed by atoms with E-state index in [1.807, 2.05) is 25.1 Å². The summed E-state index contributed by atoms with van der Waals surface area (Å²) in [4.78, 5) is 54.5. The lowest BCUT2D eigenvalue weighted by Gasteiger charge is -2.33. The average Bonchev–Trinajstić information content (AvgIpc) is 3.29. The van der Waals surface area contributed by atoms with Gasteiger partial charge in [-0.2, -0.15) is 0 Å². The second-order valence-corrected chi connectivity index (χ2v) is 10.5. The van der Waals surface area contributed by atoms with E-state index in [9.17, 15) is 19.2 Å². The molecule has 1 atom stereocenters. The number of hydrogen-bond donors (Lipinski definition) is 1. The summed E-state index contributed by atoms with van der Waals surface area (Å²) in [5.41, 5.74) is 2.31. The lowest BCUT2D eigenvalue weighted by molar-refractivity contribution is -0.121. The Morgan fingerprint density at radius 3 is 2.21 bits per heavy atom. The molecule has 2 fully saturated rings. The molecule has 2 heterocycles. The van der Waals surface area contributed by atoms with Crippen molar-refractivity contribution in [3.63, 3.8) is 0 Å². The molecule has 0 radical (unpaired) electrons. The molecule has 2 saturated heterocycles. The van der Waals surface area contributed by atoms with Crippen LogP contribution in [0, 0.1) is 0 Å². The number of ether oxygens (including phenoxy) is 2. The molecule has 2 amide bonds. The zero-order valence-electron chi connectivity index (χ0n) is 23.7. The van der Waals surface area contributed by atoms with Gasteiger partial charge in [0.2, 0.25) is 5.91 Å². The molecule has 218 valence electrons. The van der Waals surface area contributed by atoms with Crippen LogP contribution in [-0.4, -0.2) is 66.9 Å². The summed E-state index contributed by atoms with van der Waals surface area (Å²) in [5, 5.41) is 3.41. The minimum Gasteiger partial charge on any atom is -0.494 e. The maximum absolute atomic E-state index is 13.2. The van der Waals surface area contributed by atoms with Gasteiger partial charge in [-0.3, -0.25) is 19.3 Å². The van der Waals surface area contributed by atoms with Crippen LogP contribution in [0.3, 0.4) is 0 Å². The van der Waals surface area contributed by atoms with Crippen molar-refractivity contribution in [2.24, 2.45) is 0 Å². The van der Waals surface area contributed by atoms with Crippen LogP contribution in [0.5, 0.6) is 5.75 Å². The number of likely N-dealkylation sites (tertiary alicyclic amines) is 1. The fourth-order valence-corrected chi connectivity index (χ4v) is 5.37. The molecule has 3 aromatic carbocycles. The Bertz CT molecular complexity index is 1400. The topological polar surface area (TPSA) is 105 Å². The first kappa shape index (κ1) is 29.2. The van der Waals surface area contributed by atoms with E-state index in [4.69, 9.17) is 9.47 Å². The molecule has 0 aliphatic carbocycles. The van der Waals surface area contributed by atoms with Gasteiger partial charge in [-0.15, -0.1) is 0 Å². The highest BCUT2D eigenvalue weighted by Crippen LogP contribution is 2.25. The number of rotatable bonds is 11. The van der Waals surface area contributed by atoms with E-state index in [1.54, 1.807) is 36.4 Å². The molecule has 0 bridgehead atoms. The summed E-state index contributed by atoms with van der Waals surface area (Å²) in [5.74, 6) is -0.920. The van der Waals surface area contributed by atoms with Crippen molar-refractivity contribution in [3.05, 3.63) is 95.6 Å². The van der Waals surface area contributed by atoms with E-state index in [1.165, 1.54) is 22.6 Å². The second-order valence-electron chi connectivity index (χ2n) is 10.5. The maximum Gasteiger partial charge on any atom is 0.338 e. The van der Waals surface area contributed by atoms with Crippen molar-refractivity contribution in [3.8, 4) is 5.75 Å². The molecule has 2 aliphatic heterocycles. The number of ketones is 1. The Morgan fingerprint density at radius 1 is 0.881 bits per heavy atom. The standard InChI is InChI=1S/C33H35N3O6/c1-2-41-28-14-10-24(11-15-28)30(37)22-42-33(40)25-8-12-27(13-9-25)36-31(38)20-29(32(36)39)34-26-16-18-35(19-17-26)21-23-6-4-3-5-7-23/h3-15,26,29,34H,2,16-22H2,1H3. The molecule has 9 nitrogen and oxygen atoms in total. The van der Waals surface area contributed by atoms with Gasteiger partial charge in [-0.25, -0.2) is 9.69 Å². The molecule has 1 unspecified atom stereocenters. The number of piperidine rings is 1. The summed E-state index contributed by atoms with van der Waals surface area (Å²) in [6.07, 6.45) is 1.91.